The Morgan fingerprint density at radius 2 is 1.56 bits per heavy atom. The first-order chi connectivity index (χ1) is 7.98. The fourth-order valence-electron chi connectivity index (χ4n) is 1.32. The van der Waals surface area contributed by atoms with Crippen LogP contribution in [0.3, 0.4) is 0 Å². The second-order valence-corrected chi connectivity index (χ2v) is 4.22. The number of alkyl halides is 5. The van der Waals surface area contributed by atoms with Gasteiger partial charge in [0.25, 0.3) is 0 Å². The molecule has 100 valence electrons. The Balaban J connectivity index is 3.32. The standard InChI is InChI=1S/C11H8ClF5O/c1-5-4-8(12)6(2)3-7(5)9(18)10(13,14)11(15,16)17/h3-4H,1-2H3. The van der Waals surface area contributed by atoms with Crippen LogP contribution in [-0.2, 0) is 0 Å². The molecular formula is C11H8ClF5O. The SMILES string of the molecule is Cc1cc(C(=O)C(F)(F)C(F)(F)F)c(C)cc1Cl. The molecule has 0 saturated heterocycles. The molecule has 0 heterocycles. The third-order valence-corrected chi connectivity index (χ3v) is 2.80. The van der Waals surface area contributed by atoms with Crippen LogP contribution in [0.4, 0.5) is 22.0 Å². The van der Waals surface area contributed by atoms with Crippen LogP contribution in [-0.4, -0.2) is 17.9 Å². The van der Waals surface area contributed by atoms with Gasteiger partial charge in [-0.25, -0.2) is 0 Å². The highest BCUT2D eigenvalue weighted by Crippen LogP contribution is 2.39. The average Bonchev–Trinajstić information content (AvgIpc) is 2.20. The molecule has 18 heavy (non-hydrogen) atoms. The summed E-state index contributed by atoms with van der Waals surface area (Å²) in [5.74, 6) is -7.68. The largest absolute Gasteiger partial charge is 0.461 e. The number of hydrogen-bond acceptors (Lipinski definition) is 1. The van der Waals surface area contributed by atoms with Gasteiger partial charge in [0, 0.05) is 10.6 Å². The summed E-state index contributed by atoms with van der Waals surface area (Å²) in [5, 5.41) is 0.194. The van der Waals surface area contributed by atoms with Crippen LogP contribution in [0.5, 0.6) is 0 Å². The first kappa shape index (κ1) is 14.9. The van der Waals surface area contributed by atoms with Crippen molar-refractivity contribution in [2.45, 2.75) is 25.9 Å². The third kappa shape index (κ3) is 2.48. The van der Waals surface area contributed by atoms with Crippen LogP contribution in [0, 0.1) is 13.8 Å². The van der Waals surface area contributed by atoms with E-state index in [-0.39, 0.29) is 16.1 Å². The minimum absolute atomic E-state index is 0.0282. The Hall–Kier alpha value is -1.17. The van der Waals surface area contributed by atoms with Gasteiger partial charge in [0.2, 0.25) is 5.78 Å². The van der Waals surface area contributed by atoms with Gasteiger partial charge in [-0.3, -0.25) is 4.79 Å². The molecule has 0 bridgehead atoms. The zero-order chi connectivity index (χ0) is 14.3. The molecule has 1 rings (SSSR count). The van der Waals surface area contributed by atoms with E-state index in [1.54, 1.807) is 0 Å². The van der Waals surface area contributed by atoms with E-state index >= 15 is 0 Å². The van der Waals surface area contributed by atoms with Gasteiger partial charge >= 0.3 is 12.1 Å². The predicted octanol–water partition coefficient (Wildman–Crippen LogP) is 4.34. The van der Waals surface area contributed by atoms with Crippen LogP contribution in [0.15, 0.2) is 12.1 Å². The monoisotopic (exact) mass is 286 g/mol. The van der Waals surface area contributed by atoms with Crippen LogP contribution in [0.1, 0.15) is 21.5 Å². The maximum atomic E-state index is 12.9. The minimum Gasteiger partial charge on any atom is -0.287 e. The molecular weight excluding hydrogens is 279 g/mol. The summed E-state index contributed by atoms with van der Waals surface area (Å²) in [6, 6.07) is 2.11. The van der Waals surface area contributed by atoms with E-state index in [1.807, 2.05) is 0 Å². The molecule has 0 aliphatic carbocycles. The fraction of sp³-hybridized carbons (Fsp3) is 0.364. The first-order valence-electron chi connectivity index (χ1n) is 4.74. The Labute approximate surface area is 105 Å². The molecule has 0 N–H and O–H groups in total. The number of benzene rings is 1. The van der Waals surface area contributed by atoms with E-state index in [0.717, 1.165) is 6.07 Å². The molecule has 0 aromatic heterocycles. The lowest BCUT2D eigenvalue weighted by atomic mass is 9.98. The number of rotatable bonds is 2. The number of hydrogen-bond donors (Lipinski definition) is 0. The molecule has 0 aliphatic rings. The molecule has 1 nitrogen and oxygen atoms in total. The van der Waals surface area contributed by atoms with Crippen molar-refractivity contribution in [1.29, 1.82) is 0 Å². The smallest absolute Gasteiger partial charge is 0.287 e. The third-order valence-electron chi connectivity index (χ3n) is 2.39. The number of carbonyl (C=O) groups is 1. The molecule has 0 aliphatic heterocycles. The molecule has 0 fully saturated rings. The Morgan fingerprint density at radius 1 is 1.06 bits per heavy atom. The second kappa shape index (κ2) is 4.50. The van der Waals surface area contributed by atoms with Gasteiger partial charge in [-0.2, -0.15) is 22.0 Å². The van der Waals surface area contributed by atoms with E-state index in [9.17, 15) is 26.7 Å². The molecule has 0 amide bonds. The Bertz CT molecular complexity index is 493. The predicted molar refractivity (Wildman–Crippen MR) is 56.3 cm³/mol. The normalized spacial score (nSPS) is 12.7. The van der Waals surface area contributed by atoms with Crippen molar-refractivity contribution in [2.24, 2.45) is 0 Å². The van der Waals surface area contributed by atoms with Crippen molar-refractivity contribution in [1.82, 2.24) is 0 Å². The van der Waals surface area contributed by atoms with Gasteiger partial charge in [-0.15, -0.1) is 0 Å². The molecule has 0 atom stereocenters. The van der Waals surface area contributed by atoms with Crippen molar-refractivity contribution in [3.63, 3.8) is 0 Å². The van der Waals surface area contributed by atoms with Crippen molar-refractivity contribution < 1.29 is 26.7 Å². The number of carbonyl (C=O) groups excluding carboxylic acids is 1. The highest BCUT2D eigenvalue weighted by atomic mass is 35.5. The topological polar surface area (TPSA) is 17.1 Å². The lowest BCUT2D eigenvalue weighted by molar-refractivity contribution is -0.255. The van der Waals surface area contributed by atoms with Gasteiger partial charge in [0.1, 0.15) is 0 Å². The highest BCUT2D eigenvalue weighted by molar-refractivity contribution is 6.31. The molecule has 0 saturated carbocycles. The number of Topliss-reactive ketones (excluding diaryl/α,β-unsaturated/α-hetero) is 1. The van der Waals surface area contributed by atoms with Crippen LogP contribution in [0.25, 0.3) is 0 Å². The van der Waals surface area contributed by atoms with E-state index in [1.165, 1.54) is 19.9 Å². The van der Waals surface area contributed by atoms with Crippen LogP contribution >= 0.6 is 11.6 Å². The fourth-order valence-corrected chi connectivity index (χ4v) is 1.54. The molecule has 0 spiro atoms. The quantitative estimate of drug-likeness (QED) is 0.584. The summed E-state index contributed by atoms with van der Waals surface area (Å²) in [6.07, 6.45) is -5.91. The zero-order valence-electron chi connectivity index (χ0n) is 9.33. The van der Waals surface area contributed by atoms with Crippen LogP contribution < -0.4 is 0 Å². The van der Waals surface area contributed by atoms with E-state index in [2.05, 4.69) is 0 Å². The Kier molecular flexibility index (Phi) is 3.72. The molecule has 1 aromatic carbocycles. The van der Waals surface area contributed by atoms with Gasteiger partial charge in [0.15, 0.2) is 0 Å². The van der Waals surface area contributed by atoms with Gasteiger partial charge in [-0.05, 0) is 37.1 Å². The van der Waals surface area contributed by atoms with E-state index in [0.29, 0.717) is 0 Å². The molecule has 0 unspecified atom stereocenters. The van der Waals surface area contributed by atoms with E-state index < -0.39 is 23.4 Å². The van der Waals surface area contributed by atoms with E-state index in [4.69, 9.17) is 11.6 Å². The van der Waals surface area contributed by atoms with Crippen molar-refractivity contribution >= 4 is 17.4 Å². The van der Waals surface area contributed by atoms with Crippen molar-refractivity contribution in [3.8, 4) is 0 Å². The summed E-state index contributed by atoms with van der Waals surface area (Å²) in [4.78, 5) is 11.3. The molecule has 1 aromatic rings. The number of aryl methyl sites for hydroxylation is 2. The summed E-state index contributed by atoms with van der Waals surface area (Å²) >= 11 is 5.67. The van der Waals surface area contributed by atoms with Gasteiger partial charge < -0.3 is 0 Å². The maximum Gasteiger partial charge on any atom is 0.461 e. The average molecular weight is 287 g/mol. The summed E-state index contributed by atoms with van der Waals surface area (Å²) < 4.78 is 62.1. The van der Waals surface area contributed by atoms with Crippen molar-refractivity contribution in [2.75, 3.05) is 0 Å². The lowest BCUT2D eigenvalue weighted by Gasteiger charge is -2.19. The summed E-state index contributed by atoms with van der Waals surface area (Å²) in [5.41, 5.74) is -0.456. The number of ketones is 1. The summed E-state index contributed by atoms with van der Waals surface area (Å²) in [7, 11) is 0. The molecule has 7 heteroatoms. The summed E-state index contributed by atoms with van der Waals surface area (Å²) in [6.45, 7) is 2.65. The Morgan fingerprint density at radius 3 is 2.00 bits per heavy atom. The van der Waals surface area contributed by atoms with Gasteiger partial charge in [-0.1, -0.05) is 11.6 Å². The molecule has 0 radical (unpaired) electrons. The van der Waals surface area contributed by atoms with Crippen LogP contribution in [0.2, 0.25) is 5.02 Å². The highest BCUT2D eigenvalue weighted by Gasteiger charge is 2.63. The van der Waals surface area contributed by atoms with Crippen molar-refractivity contribution in [3.05, 3.63) is 33.8 Å². The maximum absolute atomic E-state index is 12.9. The second-order valence-electron chi connectivity index (χ2n) is 3.82. The lowest BCUT2D eigenvalue weighted by Crippen LogP contribution is -2.44. The zero-order valence-corrected chi connectivity index (χ0v) is 10.1. The first-order valence-corrected chi connectivity index (χ1v) is 5.12. The van der Waals surface area contributed by atoms with Gasteiger partial charge in [0.05, 0.1) is 0 Å². The number of halogens is 6. The minimum atomic E-state index is -5.91.